The minimum atomic E-state index is -0.294. The number of ether oxygens (including phenoxy) is 1. The minimum Gasteiger partial charge on any atom is -0.464 e. The Morgan fingerprint density at radius 3 is 3.00 bits per heavy atom. The number of hydrogen-bond acceptors (Lipinski definition) is 3. The molecule has 0 bridgehead atoms. The highest BCUT2D eigenvalue weighted by Crippen LogP contribution is 2.11. The molecule has 1 heterocycles. The van der Waals surface area contributed by atoms with Gasteiger partial charge in [0, 0.05) is 18.8 Å². The first-order valence-electron chi connectivity index (χ1n) is 4.60. The molecule has 1 atom stereocenters. The van der Waals surface area contributed by atoms with E-state index in [9.17, 15) is 4.79 Å². The van der Waals surface area contributed by atoms with Crippen LogP contribution in [0.1, 0.15) is 23.5 Å². The minimum absolute atomic E-state index is 0.240. The van der Waals surface area contributed by atoms with Gasteiger partial charge in [-0.25, -0.2) is 4.79 Å². The summed E-state index contributed by atoms with van der Waals surface area (Å²) in [4.78, 5) is 11.3. The molecule has 4 nitrogen and oxygen atoms in total. The number of nitrogens with one attached hydrogen (secondary N) is 1. The molecule has 0 fully saturated rings. The molecular weight excluding hydrogens is 180 g/mol. The normalized spacial score (nSPS) is 12.5. The number of carbonyl (C=O) groups is 1. The van der Waals surface area contributed by atoms with Crippen LogP contribution >= 0.6 is 0 Å². The van der Waals surface area contributed by atoms with Gasteiger partial charge in [0.1, 0.15) is 5.69 Å². The van der Waals surface area contributed by atoms with Crippen LogP contribution in [0, 0.1) is 0 Å². The molecule has 0 spiro atoms. The zero-order chi connectivity index (χ0) is 10.6. The Labute approximate surface area is 83.9 Å². The third-order valence-electron chi connectivity index (χ3n) is 2.15. The summed E-state index contributed by atoms with van der Waals surface area (Å²) in [6.45, 7) is 2.86. The van der Waals surface area contributed by atoms with E-state index in [1.165, 1.54) is 7.11 Å². The number of esters is 1. The van der Waals surface area contributed by atoms with Gasteiger partial charge in [0.2, 0.25) is 0 Å². The quantitative estimate of drug-likeness (QED) is 0.732. The van der Waals surface area contributed by atoms with Crippen molar-refractivity contribution < 1.29 is 9.53 Å². The summed E-state index contributed by atoms with van der Waals surface area (Å²) in [6, 6.07) is 3.85. The predicted molar refractivity (Wildman–Crippen MR) is 54.4 cm³/mol. The fraction of sp³-hybridized carbons (Fsp3) is 0.500. The molecule has 0 amide bonds. The number of carbonyl (C=O) groups excluding carboxylic acids is 1. The summed E-state index contributed by atoms with van der Waals surface area (Å²) in [5.74, 6) is -0.294. The van der Waals surface area contributed by atoms with Crippen LogP contribution in [0.5, 0.6) is 0 Å². The van der Waals surface area contributed by atoms with Gasteiger partial charge in [-0.15, -0.1) is 0 Å². The second-order valence-electron chi connectivity index (χ2n) is 3.20. The number of rotatable bonds is 4. The van der Waals surface area contributed by atoms with Crippen molar-refractivity contribution in [2.24, 2.45) is 0 Å². The van der Waals surface area contributed by atoms with Crippen LogP contribution in [0.15, 0.2) is 18.3 Å². The van der Waals surface area contributed by atoms with Gasteiger partial charge >= 0.3 is 5.97 Å². The van der Waals surface area contributed by atoms with Gasteiger partial charge in [0.15, 0.2) is 0 Å². The molecule has 0 saturated heterocycles. The second kappa shape index (κ2) is 4.81. The molecule has 1 N–H and O–H groups in total. The summed E-state index contributed by atoms with van der Waals surface area (Å²) in [5.41, 5.74) is 0.593. The first-order chi connectivity index (χ1) is 6.70. The Balaban J connectivity index is 2.86. The lowest BCUT2D eigenvalue weighted by molar-refractivity contribution is 0.0586. The summed E-state index contributed by atoms with van der Waals surface area (Å²) >= 11 is 0. The van der Waals surface area contributed by atoms with Crippen LogP contribution in [0.25, 0.3) is 0 Å². The molecule has 1 aromatic rings. The number of nitrogens with zero attached hydrogens (tertiary/aromatic N) is 1. The molecule has 78 valence electrons. The highest BCUT2D eigenvalue weighted by Gasteiger charge is 2.14. The molecule has 0 aliphatic rings. The van der Waals surface area contributed by atoms with Gasteiger partial charge in [-0.1, -0.05) is 0 Å². The summed E-state index contributed by atoms with van der Waals surface area (Å²) in [6.07, 6.45) is 1.88. The first-order valence-corrected chi connectivity index (χ1v) is 4.60. The number of likely N-dealkylation sites (N-methyl/N-ethyl adjacent to an activating group) is 1. The molecule has 1 unspecified atom stereocenters. The van der Waals surface area contributed by atoms with Crippen molar-refractivity contribution in [2.75, 3.05) is 20.7 Å². The van der Waals surface area contributed by atoms with Crippen LogP contribution < -0.4 is 5.32 Å². The fourth-order valence-electron chi connectivity index (χ4n) is 1.45. The maximum absolute atomic E-state index is 11.3. The molecule has 0 radical (unpaired) electrons. The zero-order valence-electron chi connectivity index (χ0n) is 8.78. The van der Waals surface area contributed by atoms with E-state index in [1.54, 1.807) is 6.07 Å². The maximum Gasteiger partial charge on any atom is 0.354 e. The van der Waals surface area contributed by atoms with E-state index in [2.05, 4.69) is 10.1 Å². The van der Waals surface area contributed by atoms with Crippen LogP contribution in [-0.2, 0) is 4.74 Å². The van der Waals surface area contributed by atoms with Crippen LogP contribution in [-0.4, -0.2) is 31.2 Å². The largest absolute Gasteiger partial charge is 0.464 e. The molecule has 0 aliphatic carbocycles. The third-order valence-corrected chi connectivity index (χ3v) is 2.15. The number of methoxy groups -OCH3 is 1. The Morgan fingerprint density at radius 1 is 1.71 bits per heavy atom. The Kier molecular flexibility index (Phi) is 3.71. The van der Waals surface area contributed by atoms with Crippen molar-refractivity contribution in [3.63, 3.8) is 0 Å². The van der Waals surface area contributed by atoms with Crippen molar-refractivity contribution >= 4 is 5.97 Å². The lowest BCUT2D eigenvalue weighted by Crippen LogP contribution is -2.22. The molecule has 1 rings (SSSR count). The SMILES string of the molecule is CNCC(C)n1cccc1C(=O)OC. The molecule has 1 aromatic heterocycles. The average Bonchev–Trinajstić information content (AvgIpc) is 2.65. The van der Waals surface area contributed by atoms with Crippen LogP contribution in [0.2, 0.25) is 0 Å². The average molecular weight is 196 g/mol. The van der Waals surface area contributed by atoms with Crippen molar-refractivity contribution in [1.82, 2.24) is 9.88 Å². The van der Waals surface area contributed by atoms with Crippen molar-refractivity contribution in [2.45, 2.75) is 13.0 Å². The summed E-state index contributed by atoms with van der Waals surface area (Å²) in [5, 5.41) is 3.07. The van der Waals surface area contributed by atoms with Gasteiger partial charge in [0.25, 0.3) is 0 Å². The van der Waals surface area contributed by atoms with E-state index in [-0.39, 0.29) is 12.0 Å². The highest BCUT2D eigenvalue weighted by molar-refractivity contribution is 5.87. The molecular formula is C10H16N2O2. The number of hydrogen-bond donors (Lipinski definition) is 1. The molecule has 0 aromatic carbocycles. The van der Waals surface area contributed by atoms with Crippen molar-refractivity contribution in [3.8, 4) is 0 Å². The van der Waals surface area contributed by atoms with Crippen LogP contribution in [0.4, 0.5) is 0 Å². The van der Waals surface area contributed by atoms with Crippen molar-refractivity contribution in [3.05, 3.63) is 24.0 Å². The Hall–Kier alpha value is -1.29. The van der Waals surface area contributed by atoms with Gasteiger partial charge in [0.05, 0.1) is 7.11 Å². The van der Waals surface area contributed by atoms with Crippen molar-refractivity contribution in [1.29, 1.82) is 0 Å². The third kappa shape index (κ3) is 2.14. The lowest BCUT2D eigenvalue weighted by Gasteiger charge is -2.15. The van der Waals surface area contributed by atoms with E-state index in [4.69, 9.17) is 0 Å². The van der Waals surface area contributed by atoms with Crippen LogP contribution in [0.3, 0.4) is 0 Å². The van der Waals surface area contributed by atoms with E-state index in [1.807, 2.05) is 30.8 Å². The van der Waals surface area contributed by atoms with Gasteiger partial charge in [-0.05, 0) is 26.1 Å². The predicted octanol–water partition coefficient (Wildman–Crippen LogP) is 1.06. The highest BCUT2D eigenvalue weighted by atomic mass is 16.5. The first kappa shape index (κ1) is 10.8. The fourth-order valence-corrected chi connectivity index (χ4v) is 1.45. The van der Waals surface area contributed by atoms with E-state index in [0.29, 0.717) is 5.69 Å². The summed E-state index contributed by atoms with van der Waals surface area (Å²) < 4.78 is 6.59. The molecule has 0 saturated carbocycles. The molecule has 0 aliphatic heterocycles. The zero-order valence-corrected chi connectivity index (χ0v) is 8.78. The van der Waals surface area contributed by atoms with Gasteiger partial charge < -0.3 is 14.6 Å². The van der Waals surface area contributed by atoms with E-state index >= 15 is 0 Å². The Morgan fingerprint density at radius 2 is 2.43 bits per heavy atom. The molecule has 4 heteroatoms. The number of aromatic nitrogens is 1. The maximum atomic E-state index is 11.3. The van der Waals surface area contributed by atoms with Gasteiger partial charge in [-0.3, -0.25) is 0 Å². The van der Waals surface area contributed by atoms with E-state index < -0.39 is 0 Å². The topological polar surface area (TPSA) is 43.3 Å². The molecule has 14 heavy (non-hydrogen) atoms. The second-order valence-corrected chi connectivity index (χ2v) is 3.20. The lowest BCUT2D eigenvalue weighted by atomic mass is 10.3. The summed E-state index contributed by atoms with van der Waals surface area (Å²) in [7, 11) is 3.28. The van der Waals surface area contributed by atoms with E-state index in [0.717, 1.165) is 6.54 Å². The smallest absolute Gasteiger partial charge is 0.354 e. The Bertz CT molecular complexity index is 307. The monoisotopic (exact) mass is 196 g/mol. The van der Waals surface area contributed by atoms with Gasteiger partial charge in [-0.2, -0.15) is 0 Å². The standard InChI is InChI=1S/C10H16N2O2/c1-8(7-11-2)12-6-4-5-9(12)10(13)14-3/h4-6,8,11H,7H2,1-3H3.